The Labute approximate surface area is 89.5 Å². The second-order valence-corrected chi connectivity index (χ2v) is 8.27. The number of hydrogen-bond donors (Lipinski definition) is 2. The van der Waals surface area contributed by atoms with Crippen LogP contribution in [0.4, 0.5) is 0 Å². The lowest BCUT2D eigenvalue weighted by atomic mass is 10.5. The lowest BCUT2D eigenvalue weighted by Crippen LogP contribution is -2.34. The Kier molecular flexibility index (Phi) is 8.47. The molecule has 0 aromatic rings. The molecule has 0 saturated heterocycles. The van der Waals surface area contributed by atoms with Crippen LogP contribution < -0.4 is 11.1 Å². The maximum atomic E-state index is 5.87. The van der Waals surface area contributed by atoms with Crippen LogP contribution in [0.15, 0.2) is 0 Å². The third-order valence-corrected chi connectivity index (χ3v) is 6.51. The Morgan fingerprint density at radius 3 is 2.50 bits per heavy atom. The predicted octanol–water partition coefficient (Wildman–Crippen LogP) is 1.56. The van der Waals surface area contributed by atoms with E-state index in [1.54, 1.807) is 0 Å². The van der Waals surface area contributed by atoms with Crippen LogP contribution in [0.5, 0.6) is 0 Å². The summed E-state index contributed by atoms with van der Waals surface area (Å²) in [5.74, 6) is 0. The molecule has 0 bridgehead atoms. The highest BCUT2D eigenvalue weighted by atomic mass is 28.4. The molecule has 1 atom stereocenters. The number of nitrogens with two attached hydrogens (primary N) is 1. The van der Waals surface area contributed by atoms with Gasteiger partial charge in [0, 0.05) is 19.7 Å². The van der Waals surface area contributed by atoms with E-state index >= 15 is 0 Å². The van der Waals surface area contributed by atoms with Crippen molar-refractivity contribution in [3.8, 4) is 0 Å². The predicted molar refractivity (Wildman–Crippen MR) is 65.1 cm³/mol. The molecule has 0 spiro atoms. The van der Waals surface area contributed by atoms with E-state index in [0.29, 0.717) is 0 Å². The smallest absolute Gasteiger partial charge is 0.189 e. The lowest BCUT2D eigenvalue weighted by Gasteiger charge is -2.25. The van der Waals surface area contributed by atoms with Crippen molar-refractivity contribution in [1.29, 1.82) is 0 Å². The van der Waals surface area contributed by atoms with E-state index in [1.165, 1.54) is 18.5 Å². The summed E-state index contributed by atoms with van der Waals surface area (Å²) in [6, 6.07) is 2.48. The first kappa shape index (κ1) is 14.1. The minimum atomic E-state index is -1.35. The molecule has 0 aromatic heterocycles. The molecule has 0 aliphatic carbocycles. The van der Waals surface area contributed by atoms with Gasteiger partial charge in [-0.05, 0) is 38.5 Å². The highest BCUT2D eigenvalue weighted by molar-refractivity contribution is 6.72. The maximum Gasteiger partial charge on any atom is 0.189 e. The van der Waals surface area contributed by atoms with Gasteiger partial charge in [0.15, 0.2) is 8.32 Å². The fraction of sp³-hybridized carbons (Fsp3) is 1.00. The van der Waals surface area contributed by atoms with Crippen LogP contribution >= 0.6 is 0 Å². The molecule has 3 N–H and O–H groups in total. The molecule has 86 valence electrons. The van der Waals surface area contributed by atoms with Crippen LogP contribution in [0.2, 0.25) is 18.6 Å². The van der Waals surface area contributed by atoms with Gasteiger partial charge >= 0.3 is 0 Å². The van der Waals surface area contributed by atoms with Crippen molar-refractivity contribution in [3.05, 3.63) is 0 Å². The Balaban J connectivity index is 3.51. The van der Waals surface area contributed by atoms with Crippen molar-refractivity contribution in [2.24, 2.45) is 5.73 Å². The van der Waals surface area contributed by atoms with E-state index in [0.717, 1.165) is 26.2 Å². The molecule has 1 unspecified atom stereocenters. The molecular weight excluding hydrogens is 192 g/mol. The van der Waals surface area contributed by atoms with Crippen molar-refractivity contribution in [2.45, 2.75) is 38.9 Å². The maximum absolute atomic E-state index is 5.87. The Morgan fingerprint density at radius 1 is 1.29 bits per heavy atom. The second kappa shape index (κ2) is 8.41. The number of nitrogens with one attached hydrogen (secondary N) is 1. The third kappa shape index (κ3) is 6.54. The highest BCUT2D eigenvalue weighted by Gasteiger charge is 2.25. The topological polar surface area (TPSA) is 47.3 Å². The molecule has 3 nitrogen and oxygen atoms in total. The average Bonchev–Trinajstić information content (AvgIpc) is 2.18. The number of rotatable bonds is 9. The molecule has 0 aliphatic rings. The van der Waals surface area contributed by atoms with Gasteiger partial charge in [-0.15, -0.1) is 0 Å². The monoisotopic (exact) mass is 218 g/mol. The van der Waals surface area contributed by atoms with E-state index in [4.69, 9.17) is 10.2 Å². The number of hydrogen-bond acceptors (Lipinski definition) is 3. The molecule has 0 aliphatic heterocycles. The summed E-state index contributed by atoms with van der Waals surface area (Å²) in [6.07, 6.45) is 1.22. The van der Waals surface area contributed by atoms with E-state index in [9.17, 15) is 0 Å². The van der Waals surface area contributed by atoms with Gasteiger partial charge in [-0.2, -0.15) is 0 Å². The van der Waals surface area contributed by atoms with Gasteiger partial charge in [0.25, 0.3) is 0 Å². The minimum absolute atomic E-state index is 0.730. The van der Waals surface area contributed by atoms with Crippen LogP contribution in [0.3, 0.4) is 0 Å². The van der Waals surface area contributed by atoms with Crippen molar-refractivity contribution in [3.63, 3.8) is 0 Å². The van der Waals surface area contributed by atoms with E-state index in [2.05, 4.69) is 25.7 Å². The molecule has 14 heavy (non-hydrogen) atoms. The summed E-state index contributed by atoms with van der Waals surface area (Å²) >= 11 is 0. The molecule has 0 fully saturated rings. The standard InChI is InChI=1S/C10H26N2OSi/c1-4-13-14(3,5-2)10-6-8-12-9-7-11/h12H,4-11H2,1-3H3. The van der Waals surface area contributed by atoms with Gasteiger partial charge in [-0.1, -0.05) is 6.92 Å². The summed E-state index contributed by atoms with van der Waals surface area (Å²) in [4.78, 5) is 0. The van der Waals surface area contributed by atoms with Crippen LogP contribution in [0, 0.1) is 0 Å². The normalized spacial score (nSPS) is 15.4. The van der Waals surface area contributed by atoms with Crippen molar-refractivity contribution in [1.82, 2.24) is 5.32 Å². The fourth-order valence-electron chi connectivity index (χ4n) is 1.51. The van der Waals surface area contributed by atoms with Gasteiger partial charge in [0.1, 0.15) is 0 Å². The average molecular weight is 218 g/mol. The summed E-state index contributed by atoms with van der Waals surface area (Å²) in [5, 5.41) is 3.32. The van der Waals surface area contributed by atoms with Gasteiger partial charge in [-0.3, -0.25) is 0 Å². The summed E-state index contributed by atoms with van der Waals surface area (Å²) < 4.78 is 5.87. The third-order valence-electron chi connectivity index (χ3n) is 2.62. The van der Waals surface area contributed by atoms with Crippen molar-refractivity contribution in [2.75, 3.05) is 26.2 Å². The first-order valence-corrected chi connectivity index (χ1v) is 8.55. The molecule has 0 saturated carbocycles. The zero-order valence-electron chi connectivity index (χ0n) is 9.94. The lowest BCUT2D eigenvalue weighted by molar-refractivity contribution is 0.323. The SMILES string of the molecule is CCO[Si](C)(CC)CCCNCCN. The molecule has 0 heterocycles. The molecule has 4 heteroatoms. The van der Waals surface area contributed by atoms with E-state index in [1.807, 2.05) is 0 Å². The molecule has 0 aromatic carbocycles. The summed E-state index contributed by atoms with van der Waals surface area (Å²) in [5.41, 5.74) is 5.39. The highest BCUT2D eigenvalue weighted by Crippen LogP contribution is 2.18. The quantitative estimate of drug-likeness (QED) is 0.456. The van der Waals surface area contributed by atoms with E-state index in [-0.39, 0.29) is 0 Å². The largest absolute Gasteiger partial charge is 0.417 e. The van der Waals surface area contributed by atoms with Crippen molar-refractivity contribution >= 4 is 8.32 Å². The van der Waals surface area contributed by atoms with E-state index < -0.39 is 8.32 Å². The first-order valence-electron chi connectivity index (χ1n) is 5.73. The van der Waals surface area contributed by atoms with Gasteiger partial charge in [-0.25, -0.2) is 0 Å². The van der Waals surface area contributed by atoms with Gasteiger partial charge in [0.05, 0.1) is 0 Å². The van der Waals surface area contributed by atoms with Crippen LogP contribution in [0.25, 0.3) is 0 Å². The second-order valence-electron chi connectivity index (χ2n) is 3.88. The Hall–Kier alpha value is 0.0969. The van der Waals surface area contributed by atoms with Gasteiger partial charge < -0.3 is 15.5 Å². The first-order chi connectivity index (χ1) is 6.68. The van der Waals surface area contributed by atoms with Crippen LogP contribution in [0.1, 0.15) is 20.3 Å². The van der Waals surface area contributed by atoms with Gasteiger partial charge in [0.2, 0.25) is 0 Å². The Bertz CT molecular complexity index is 135. The Morgan fingerprint density at radius 2 is 2.00 bits per heavy atom. The van der Waals surface area contributed by atoms with Crippen LogP contribution in [-0.2, 0) is 4.43 Å². The zero-order valence-corrected chi connectivity index (χ0v) is 10.9. The molecule has 0 rings (SSSR count). The zero-order chi connectivity index (χ0) is 10.9. The summed E-state index contributed by atoms with van der Waals surface area (Å²) in [7, 11) is -1.35. The fourth-order valence-corrected chi connectivity index (χ4v) is 3.84. The minimum Gasteiger partial charge on any atom is -0.417 e. The molecule has 0 radical (unpaired) electrons. The summed E-state index contributed by atoms with van der Waals surface area (Å²) in [6.45, 7) is 10.3. The molecule has 0 amide bonds. The van der Waals surface area contributed by atoms with Crippen LogP contribution in [-0.4, -0.2) is 34.6 Å². The molecular formula is C10H26N2OSi. The van der Waals surface area contributed by atoms with Crippen molar-refractivity contribution < 1.29 is 4.43 Å².